The zero-order valence-corrected chi connectivity index (χ0v) is 19.3. The maximum Gasteiger partial charge on any atom is 0.125 e. The number of aromatic nitrogens is 2. The van der Waals surface area contributed by atoms with Crippen molar-refractivity contribution in [2.75, 3.05) is 11.9 Å². The van der Waals surface area contributed by atoms with Gasteiger partial charge in [-0.05, 0) is 84.3 Å². The number of rotatable bonds is 5. The number of benzene rings is 3. The Kier molecular flexibility index (Phi) is 4.77. The number of H-pyrrole nitrogens is 1. The van der Waals surface area contributed by atoms with E-state index in [0.29, 0.717) is 6.61 Å². The second-order valence-corrected chi connectivity index (χ2v) is 9.18. The third-order valence-corrected chi connectivity index (χ3v) is 7.21. The van der Waals surface area contributed by atoms with Crippen molar-refractivity contribution < 1.29 is 4.74 Å². The molecule has 0 aliphatic carbocycles. The number of thiophene rings is 1. The molecule has 6 aromatic rings. The highest BCUT2D eigenvalue weighted by Gasteiger charge is 2.12. The highest BCUT2D eigenvalue weighted by Crippen LogP contribution is 2.38. The van der Waals surface area contributed by atoms with E-state index in [9.17, 15) is 0 Å². The topological polar surface area (TPSA) is 49.9 Å². The van der Waals surface area contributed by atoms with Crippen molar-refractivity contribution in [3.8, 4) is 16.2 Å². The van der Waals surface area contributed by atoms with E-state index in [4.69, 9.17) is 4.74 Å². The van der Waals surface area contributed by atoms with Crippen LogP contribution in [-0.2, 0) is 0 Å². The molecule has 162 valence electrons. The molecule has 0 saturated heterocycles. The van der Waals surface area contributed by atoms with Gasteiger partial charge < -0.3 is 15.0 Å². The summed E-state index contributed by atoms with van der Waals surface area (Å²) in [5, 5.41) is 8.41. The van der Waals surface area contributed by atoms with Gasteiger partial charge >= 0.3 is 0 Å². The molecule has 3 aromatic carbocycles. The molecule has 0 radical (unpaired) electrons. The molecule has 5 heteroatoms. The van der Waals surface area contributed by atoms with Crippen LogP contribution in [0.1, 0.15) is 12.5 Å². The average molecular weight is 450 g/mol. The van der Waals surface area contributed by atoms with Crippen LogP contribution in [0.2, 0.25) is 0 Å². The molecule has 0 fully saturated rings. The summed E-state index contributed by atoms with van der Waals surface area (Å²) in [7, 11) is 0. The van der Waals surface area contributed by atoms with Gasteiger partial charge in [0, 0.05) is 39.2 Å². The first-order valence-corrected chi connectivity index (χ1v) is 11.9. The first-order valence-electron chi connectivity index (χ1n) is 11.1. The largest absolute Gasteiger partial charge is 0.494 e. The third-order valence-electron chi connectivity index (χ3n) is 6.12. The summed E-state index contributed by atoms with van der Waals surface area (Å²) >= 11 is 1.72. The summed E-state index contributed by atoms with van der Waals surface area (Å²) in [4.78, 5) is 10.2. The van der Waals surface area contributed by atoms with Crippen LogP contribution >= 0.6 is 11.3 Å². The van der Waals surface area contributed by atoms with Crippen LogP contribution in [0.15, 0.2) is 79.1 Å². The van der Waals surface area contributed by atoms with Gasteiger partial charge in [0.05, 0.1) is 12.3 Å². The quantitative estimate of drug-likeness (QED) is 0.280. The van der Waals surface area contributed by atoms with E-state index in [2.05, 4.69) is 82.9 Å². The van der Waals surface area contributed by atoms with Gasteiger partial charge in [-0.25, -0.2) is 4.98 Å². The summed E-state index contributed by atoms with van der Waals surface area (Å²) in [5.74, 6) is 0.910. The number of aryl methyl sites for hydroxylation is 1. The molecule has 0 aliphatic heterocycles. The van der Waals surface area contributed by atoms with Crippen molar-refractivity contribution in [2.24, 2.45) is 0 Å². The van der Waals surface area contributed by atoms with E-state index in [-0.39, 0.29) is 0 Å². The molecule has 3 aromatic heterocycles. The van der Waals surface area contributed by atoms with Gasteiger partial charge in [-0.2, -0.15) is 0 Å². The lowest BCUT2D eigenvalue weighted by Gasteiger charge is -2.11. The molecular weight excluding hydrogens is 426 g/mol. The Morgan fingerprint density at radius 2 is 1.79 bits per heavy atom. The number of hydrogen-bond acceptors (Lipinski definition) is 4. The highest BCUT2D eigenvalue weighted by atomic mass is 32.1. The van der Waals surface area contributed by atoms with Crippen LogP contribution in [0.4, 0.5) is 11.4 Å². The summed E-state index contributed by atoms with van der Waals surface area (Å²) in [6, 6.07) is 23.5. The maximum atomic E-state index is 5.64. The number of ether oxygens (including phenoxy) is 1. The first kappa shape index (κ1) is 19.8. The Morgan fingerprint density at radius 1 is 0.909 bits per heavy atom. The van der Waals surface area contributed by atoms with E-state index in [1.54, 1.807) is 11.3 Å². The van der Waals surface area contributed by atoms with Crippen molar-refractivity contribution in [2.45, 2.75) is 13.8 Å². The standard InChI is InChI=1S/C28H23N3OS/c1-3-32-21-7-6-18-14-20(5-4-19(18)15-21)27-16-23-26(11-13-30-28(23)33-27)31-24-8-9-25-22(17(24)2)10-12-29-25/h4-16,29H,3H2,1-2H3,(H,30,31). The van der Waals surface area contributed by atoms with Crippen LogP contribution in [0.25, 0.3) is 42.3 Å². The summed E-state index contributed by atoms with van der Waals surface area (Å²) in [6.45, 7) is 4.83. The van der Waals surface area contributed by atoms with Gasteiger partial charge in [0.1, 0.15) is 10.6 Å². The molecular formula is C28H23N3OS. The lowest BCUT2D eigenvalue weighted by molar-refractivity contribution is 0.341. The molecule has 0 amide bonds. The molecule has 33 heavy (non-hydrogen) atoms. The van der Waals surface area contributed by atoms with Gasteiger partial charge in [-0.15, -0.1) is 11.3 Å². The molecule has 4 nitrogen and oxygen atoms in total. The lowest BCUT2D eigenvalue weighted by atomic mass is 10.1. The molecule has 2 N–H and O–H groups in total. The summed E-state index contributed by atoms with van der Waals surface area (Å²) in [5.41, 5.74) is 5.77. The van der Waals surface area contributed by atoms with Gasteiger partial charge in [0.25, 0.3) is 0 Å². The zero-order valence-electron chi connectivity index (χ0n) is 18.5. The minimum atomic E-state index is 0.674. The normalized spacial score (nSPS) is 11.5. The Balaban J connectivity index is 1.38. The van der Waals surface area contributed by atoms with Gasteiger partial charge in [0.2, 0.25) is 0 Å². The zero-order chi connectivity index (χ0) is 22.4. The second kappa shape index (κ2) is 7.94. The number of nitrogens with one attached hydrogen (secondary N) is 2. The van der Waals surface area contributed by atoms with Crippen LogP contribution < -0.4 is 10.1 Å². The Hall–Kier alpha value is -3.83. The minimum absolute atomic E-state index is 0.674. The summed E-state index contributed by atoms with van der Waals surface area (Å²) in [6.07, 6.45) is 3.86. The molecule has 0 aliphatic rings. The van der Waals surface area contributed by atoms with E-state index in [1.807, 2.05) is 25.4 Å². The van der Waals surface area contributed by atoms with E-state index < -0.39 is 0 Å². The smallest absolute Gasteiger partial charge is 0.125 e. The highest BCUT2D eigenvalue weighted by molar-refractivity contribution is 7.21. The molecule has 3 heterocycles. The van der Waals surface area contributed by atoms with E-state index in [1.165, 1.54) is 32.2 Å². The number of fused-ring (bicyclic) bond motifs is 3. The van der Waals surface area contributed by atoms with Gasteiger partial charge in [-0.3, -0.25) is 0 Å². The van der Waals surface area contributed by atoms with Crippen LogP contribution in [-0.4, -0.2) is 16.6 Å². The van der Waals surface area contributed by atoms with Crippen molar-refractivity contribution in [1.82, 2.24) is 9.97 Å². The van der Waals surface area contributed by atoms with E-state index in [0.717, 1.165) is 32.9 Å². The Bertz CT molecular complexity index is 1630. The van der Waals surface area contributed by atoms with Crippen LogP contribution in [0, 0.1) is 6.92 Å². The fourth-order valence-corrected chi connectivity index (χ4v) is 5.41. The maximum absolute atomic E-state index is 5.64. The summed E-state index contributed by atoms with van der Waals surface area (Å²) < 4.78 is 5.64. The van der Waals surface area contributed by atoms with Gasteiger partial charge in [0.15, 0.2) is 0 Å². The first-order chi connectivity index (χ1) is 16.2. The molecule has 6 rings (SSSR count). The van der Waals surface area contributed by atoms with Gasteiger partial charge in [-0.1, -0.05) is 18.2 Å². The predicted octanol–water partition coefficient (Wildman–Crippen LogP) is 8.05. The molecule has 0 saturated carbocycles. The van der Waals surface area contributed by atoms with Crippen molar-refractivity contribution in [1.29, 1.82) is 0 Å². The molecule has 0 bridgehead atoms. The number of aromatic amines is 1. The minimum Gasteiger partial charge on any atom is -0.494 e. The van der Waals surface area contributed by atoms with E-state index >= 15 is 0 Å². The number of pyridine rings is 1. The molecule has 0 unspecified atom stereocenters. The Labute approximate surface area is 195 Å². The van der Waals surface area contributed by atoms with Crippen molar-refractivity contribution in [3.05, 3.63) is 84.7 Å². The van der Waals surface area contributed by atoms with Crippen molar-refractivity contribution >= 4 is 54.6 Å². The lowest BCUT2D eigenvalue weighted by Crippen LogP contribution is -1.94. The molecule has 0 spiro atoms. The third kappa shape index (κ3) is 3.51. The SMILES string of the molecule is CCOc1ccc2cc(-c3cc4c(Nc5ccc6[nH]ccc6c5C)ccnc4s3)ccc2c1. The van der Waals surface area contributed by atoms with Crippen LogP contribution in [0.3, 0.4) is 0 Å². The predicted molar refractivity (Wildman–Crippen MR) is 140 cm³/mol. The van der Waals surface area contributed by atoms with Crippen molar-refractivity contribution in [3.63, 3.8) is 0 Å². The fourth-order valence-electron chi connectivity index (χ4n) is 4.39. The number of anilines is 2. The molecule has 0 atom stereocenters. The fraction of sp³-hybridized carbons (Fsp3) is 0.107. The average Bonchev–Trinajstić information content (AvgIpc) is 3.49. The monoisotopic (exact) mass is 449 g/mol. The number of nitrogens with zero attached hydrogens (tertiary/aromatic N) is 1. The number of hydrogen-bond donors (Lipinski definition) is 2. The Morgan fingerprint density at radius 3 is 2.70 bits per heavy atom. The van der Waals surface area contributed by atoms with Crippen LogP contribution in [0.5, 0.6) is 5.75 Å². The second-order valence-electron chi connectivity index (χ2n) is 8.15.